The van der Waals surface area contributed by atoms with Gasteiger partial charge in [0.15, 0.2) is 0 Å². The number of rotatable bonds is 8. The Balaban J connectivity index is 1.46. The second-order valence-corrected chi connectivity index (χ2v) is 9.64. The van der Waals surface area contributed by atoms with Crippen molar-refractivity contribution < 1.29 is 14.4 Å². The third-order valence-electron chi connectivity index (χ3n) is 6.03. The monoisotopic (exact) mass is 487 g/mol. The number of carbonyl (C=O) groups excluding carboxylic acids is 3. The Bertz CT molecular complexity index is 1200. The van der Waals surface area contributed by atoms with Crippen LogP contribution in [0.1, 0.15) is 57.5 Å². The molecule has 3 amide bonds. The van der Waals surface area contributed by atoms with Crippen LogP contribution in [-0.4, -0.2) is 34.4 Å². The van der Waals surface area contributed by atoms with Crippen LogP contribution in [0, 0.1) is 0 Å². The van der Waals surface area contributed by atoms with Gasteiger partial charge < -0.3 is 15.5 Å². The summed E-state index contributed by atoms with van der Waals surface area (Å²) >= 11 is 1.59. The Morgan fingerprint density at radius 3 is 2.37 bits per heavy atom. The van der Waals surface area contributed by atoms with E-state index in [2.05, 4.69) is 10.6 Å². The molecule has 0 bridgehead atoms. The molecule has 2 N–H and O–H groups in total. The molecular weight excluding hydrogens is 458 g/mol. The molecule has 2 atom stereocenters. The average molecular weight is 488 g/mol. The van der Waals surface area contributed by atoms with E-state index in [1.807, 2.05) is 61.2 Å². The Morgan fingerprint density at radius 2 is 1.66 bits per heavy atom. The van der Waals surface area contributed by atoms with Crippen molar-refractivity contribution in [3.8, 4) is 0 Å². The number of anilines is 1. The minimum atomic E-state index is -0.295. The van der Waals surface area contributed by atoms with Gasteiger partial charge in [-0.15, -0.1) is 11.8 Å². The molecule has 0 saturated carbocycles. The van der Waals surface area contributed by atoms with Gasteiger partial charge in [0.1, 0.15) is 5.37 Å². The standard InChI is InChI=1S/C28H29N3O3S/c1-3-19(2)29-27(34)23-11-7-8-12-24(23)30-26(33)21-13-15-22(16-14-21)28-31(25(32)18-35-28)17-20-9-5-4-6-10-20/h4-16,19,28H,3,17-18H2,1-2H3,(H,29,34)(H,30,33)/t19-,28-/m0/s1. The molecule has 7 heteroatoms. The van der Waals surface area contributed by atoms with Gasteiger partial charge in [0.25, 0.3) is 11.8 Å². The van der Waals surface area contributed by atoms with Crippen LogP contribution in [0.3, 0.4) is 0 Å². The molecule has 0 radical (unpaired) electrons. The topological polar surface area (TPSA) is 78.5 Å². The highest BCUT2D eigenvalue weighted by Crippen LogP contribution is 2.39. The fraction of sp³-hybridized carbons (Fsp3) is 0.250. The maximum Gasteiger partial charge on any atom is 0.255 e. The molecule has 1 saturated heterocycles. The molecule has 3 aromatic rings. The van der Waals surface area contributed by atoms with E-state index in [4.69, 9.17) is 0 Å². The molecule has 6 nitrogen and oxygen atoms in total. The minimum absolute atomic E-state index is 0.0422. The maximum atomic E-state index is 12.9. The molecule has 0 spiro atoms. The third kappa shape index (κ3) is 5.92. The van der Waals surface area contributed by atoms with Crippen molar-refractivity contribution in [3.05, 3.63) is 101 Å². The molecule has 0 aromatic heterocycles. The molecule has 1 aliphatic heterocycles. The first-order chi connectivity index (χ1) is 17.0. The zero-order valence-electron chi connectivity index (χ0n) is 19.9. The number of hydrogen-bond acceptors (Lipinski definition) is 4. The smallest absolute Gasteiger partial charge is 0.255 e. The van der Waals surface area contributed by atoms with Crippen LogP contribution in [0.4, 0.5) is 5.69 Å². The van der Waals surface area contributed by atoms with E-state index >= 15 is 0 Å². The zero-order valence-corrected chi connectivity index (χ0v) is 20.7. The second-order valence-electron chi connectivity index (χ2n) is 8.58. The van der Waals surface area contributed by atoms with Crippen molar-refractivity contribution in [1.29, 1.82) is 0 Å². The minimum Gasteiger partial charge on any atom is -0.350 e. The first-order valence-corrected chi connectivity index (χ1v) is 12.8. The number of benzene rings is 3. The molecule has 0 unspecified atom stereocenters. The highest BCUT2D eigenvalue weighted by molar-refractivity contribution is 8.00. The zero-order chi connectivity index (χ0) is 24.8. The van der Waals surface area contributed by atoms with Crippen LogP contribution >= 0.6 is 11.8 Å². The number of hydrogen-bond donors (Lipinski definition) is 2. The van der Waals surface area contributed by atoms with Crippen LogP contribution in [0.5, 0.6) is 0 Å². The Kier molecular flexibility index (Phi) is 7.87. The Labute approximate surface area is 210 Å². The molecule has 1 heterocycles. The summed E-state index contributed by atoms with van der Waals surface area (Å²) in [5, 5.41) is 5.71. The third-order valence-corrected chi connectivity index (χ3v) is 7.29. The highest BCUT2D eigenvalue weighted by Gasteiger charge is 2.32. The second kappa shape index (κ2) is 11.2. The predicted octanol–water partition coefficient (Wildman–Crippen LogP) is 5.24. The number of amides is 3. The SMILES string of the molecule is CC[C@H](C)NC(=O)c1ccccc1NC(=O)c1ccc([C@@H]2SCC(=O)N2Cc2ccccc2)cc1. The van der Waals surface area contributed by atoms with Gasteiger partial charge in [0.05, 0.1) is 17.0 Å². The molecule has 180 valence electrons. The van der Waals surface area contributed by atoms with Crippen LogP contribution in [0.15, 0.2) is 78.9 Å². The molecule has 1 aliphatic rings. The fourth-order valence-electron chi connectivity index (χ4n) is 3.87. The Morgan fingerprint density at radius 1 is 0.971 bits per heavy atom. The number of para-hydroxylation sites is 1. The highest BCUT2D eigenvalue weighted by atomic mass is 32.2. The summed E-state index contributed by atoms with van der Waals surface area (Å²) in [5.74, 6) is 0.0384. The number of carbonyl (C=O) groups is 3. The Hall–Kier alpha value is -3.58. The van der Waals surface area contributed by atoms with E-state index in [1.54, 1.807) is 48.2 Å². The molecule has 0 aliphatic carbocycles. The first-order valence-electron chi connectivity index (χ1n) is 11.7. The normalized spacial score (nSPS) is 16.1. The van der Waals surface area contributed by atoms with E-state index in [0.717, 1.165) is 17.5 Å². The lowest BCUT2D eigenvalue weighted by Gasteiger charge is -2.24. The molecule has 1 fully saturated rings. The number of nitrogens with one attached hydrogen (secondary N) is 2. The van der Waals surface area contributed by atoms with Crippen molar-refractivity contribution in [3.63, 3.8) is 0 Å². The summed E-state index contributed by atoms with van der Waals surface area (Å²) in [6, 6.07) is 24.3. The van der Waals surface area contributed by atoms with Crippen LogP contribution in [0.2, 0.25) is 0 Å². The van der Waals surface area contributed by atoms with E-state index < -0.39 is 0 Å². The van der Waals surface area contributed by atoms with Crippen LogP contribution < -0.4 is 10.6 Å². The van der Waals surface area contributed by atoms with E-state index in [0.29, 0.717) is 29.1 Å². The van der Waals surface area contributed by atoms with Gasteiger partial charge >= 0.3 is 0 Å². The van der Waals surface area contributed by atoms with Gasteiger partial charge in [-0.25, -0.2) is 0 Å². The molecule has 35 heavy (non-hydrogen) atoms. The lowest BCUT2D eigenvalue weighted by Crippen LogP contribution is -2.32. The van der Waals surface area contributed by atoms with E-state index in [9.17, 15) is 14.4 Å². The summed E-state index contributed by atoms with van der Waals surface area (Å²) in [6.07, 6.45) is 0.820. The van der Waals surface area contributed by atoms with Gasteiger partial charge in [0.2, 0.25) is 5.91 Å². The fourth-order valence-corrected chi connectivity index (χ4v) is 5.06. The summed E-state index contributed by atoms with van der Waals surface area (Å²) in [4.78, 5) is 40.0. The maximum absolute atomic E-state index is 12.9. The van der Waals surface area contributed by atoms with Crippen LogP contribution in [-0.2, 0) is 11.3 Å². The van der Waals surface area contributed by atoms with Gasteiger partial charge in [-0.2, -0.15) is 0 Å². The summed E-state index contributed by atoms with van der Waals surface area (Å²) < 4.78 is 0. The number of thioether (sulfide) groups is 1. The molecular formula is C28H29N3O3S. The van der Waals surface area contributed by atoms with Crippen molar-refractivity contribution in [2.24, 2.45) is 0 Å². The quantitative estimate of drug-likeness (QED) is 0.455. The van der Waals surface area contributed by atoms with Gasteiger partial charge in [-0.05, 0) is 48.7 Å². The van der Waals surface area contributed by atoms with Crippen LogP contribution in [0.25, 0.3) is 0 Å². The summed E-state index contributed by atoms with van der Waals surface area (Å²) in [6.45, 7) is 4.50. The van der Waals surface area contributed by atoms with Gasteiger partial charge in [-0.3, -0.25) is 14.4 Å². The van der Waals surface area contributed by atoms with Crippen molar-refractivity contribution in [2.45, 2.75) is 38.2 Å². The first kappa shape index (κ1) is 24.5. The van der Waals surface area contributed by atoms with Gasteiger partial charge in [0, 0.05) is 18.2 Å². The van der Waals surface area contributed by atoms with Crippen molar-refractivity contribution in [1.82, 2.24) is 10.2 Å². The molecule has 4 rings (SSSR count). The lowest BCUT2D eigenvalue weighted by atomic mass is 10.1. The van der Waals surface area contributed by atoms with E-state index in [-0.39, 0.29) is 29.1 Å². The summed E-state index contributed by atoms with van der Waals surface area (Å²) in [7, 11) is 0. The van der Waals surface area contributed by atoms with E-state index in [1.165, 1.54) is 0 Å². The number of nitrogens with zero attached hydrogens (tertiary/aromatic N) is 1. The van der Waals surface area contributed by atoms with Crippen molar-refractivity contribution >= 4 is 35.2 Å². The average Bonchev–Trinajstić information content (AvgIpc) is 3.24. The van der Waals surface area contributed by atoms with Gasteiger partial charge in [-0.1, -0.05) is 61.5 Å². The summed E-state index contributed by atoms with van der Waals surface area (Å²) in [5.41, 5.74) is 3.43. The van der Waals surface area contributed by atoms with Crippen molar-refractivity contribution in [2.75, 3.05) is 11.1 Å². The predicted molar refractivity (Wildman–Crippen MR) is 140 cm³/mol. The molecule has 3 aromatic carbocycles. The largest absolute Gasteiger partial charge is 0.350 e. The lowest BCUT2D eigenvalue weighted by molar-refractivity contribution is -0.128.